The summed E-state index contributed by atoms with van der Waals surface area (Å²) in [6.45, 7) is 2.33. The molecule has 0 radical (unpaired) electrons. The lowest BCUT2D eigenvalue weighted by atomic mass is 9.72. The maximum atomic E-state index is 13.4. The summed E-state index contributed by atoms with van der Waals surface area (Å²) in [5, 5.41) is 3.36. The Balaban J connectivity index is 1.73. The molecular weight excluding hydrogens is 392 g/mol. The zero-order valence-corrected chi connectivity index (χ0v) is 17.8. The number of ketones is 1. The molecule has 2 heterocycles. The Hall–Kier alpha value is -3.25. The first-order valence-electron chi connectivity index (χ1n) is 10.4. The third kappa shape index (κ3) is 4.30. The minimum Gasteiger partial charge on any atom is -0.460 e. The maximum absolute atomic E-state index is 13.4. The Morgan fingerprint density at radius 3 is 2.58 bits per heavy atom. The van der Waals surface area contributed by atoms with Crippen molar-refractivity contribution in [1.82, 2.24) is 10.3 Å². The van der Waals surface area contributed by atoms with E-state index in [1.807, 2.05) is 37.3 Å². The van der Waals surface area contributed by atoms with Crippen LogP contribution < -0.4 is 5.32 Å². The van der Waals surface area contributed by atoms with Crippen molar-refractivity contribution in [2.75, 3.05) is 20.3 Å². The lowest BCUT2D eigenvalue weighted by Crippen LogP contribution is -2.36. The molecule has 0 unspecified atom stereocenters. The fraction of sp³-hybridized carbons (Fsp3) is 0.320. The van der Waals surface area contributed by atoms with Gasteiger partial charge < -0.3 is 14.8 Å². The highest BCUT2D eigenvalue weighted by molar-refractivity contribution is 6.04. The van der Waals surface area contributed by atoms with Crippen LogP contribution in [-0.4, -0.2) is 37.1 Å². The van der Waals surface area contributed by atoms with Crippen molar-refractivity contribution in [2.45, 2.75) is 31.6 Å². The van der Waals surface area contributed by atoms with E-state index in [2.05, 4.69) is 22.4 Å². The number of aromatic nitrogens is 1. The summed E-state index contributed by atoms with van der Waals surface area (Å²) in [6, 6.07) is 13.8. The number of nitrogens with zero attached hydrogens (tertiary/aromatic N) is 1. The maximum Gasteiger partial charge on any atom is 0.336 e. The largest absolute Gasteiger partial charge is 0.460 e. The number of nitrogens with one attached hydrogen (secondary N) is 1. The van der Waals surface area contributed by atoms with Crippen LogP contribution in [0.15, 0.2) is 77.4 Å². The molecule has 31 heavy (non-hydrogen) atoms. The molecule has 0 amide bonds. The van der Waals surface area contributed by atoms with Gasteiger partial charge in [-0.3, -0.25) is 9.78 Å². The Morgan fingerprint density at radius 1 is 1.10 bits per heavy atom. The van der Waals surface area contributed by atoms with Crippen molar-refractivity contribution in [1.29, 1.82) is 0 Å². The number of carbonyl (C=O) groups excluding carboxylic acids is 2. The summed E-state index contributed by atoms with van der Waals surface area (Å²) in [4.78, 5) is 30.7. The number of esters is 1. The summed E-state index contributed by atoms with van der Waals surface area (Å²) >= 11 is 0. The van der Waals surface area contributed by atoms with Gasteiger partial charge in [-0.15, -0.1) is 0 Å². The van der Waals surface area contributed by atoms with Gasteiger partial charge in [0.1, 0.15) is 6.61 Å². The van der Waals surface area contributed by atoms with Crippen molar-refractivity contribution in [3.8, 4) is 0 Å². The van der Waals surface area contributed by atoms with E-state index in [1.165, 1.54) is 0 Å². The van der Waals surface area contributed by atoms with E-state index in [-0.39, 0.29) is 18.3 Å². The summed E-state index contributed by atoms with van der Waals surface area (Å²) in [5.41, 5.74) is 4.63. The molecule has 2 aromatic rings. The second kappa shape index (κ2) is 9.27. The number of benzene rings is 1. The van der Waals surface area contributed by atoms with Crippen LogP contribution in [0.2, 0.25) is 0 Å². The summed E-state index contributed by atoms with van der Waals surface area (Å²) in [6.07, 6.45) is 4.52. The van der Waals surface area contributed by atoms with Crippen molar-refractivity contribution in [2.24, 2.45) is 0 Å². The van der Waals surface area contributed by atoms with Gasteiger partial charge in [0.2, 0.25) is 0 Å². The van der Waals surface area contributed by atoms with Gasteiger partial charge in [-0.05, 0) is 36.5 Å². The van der Waals surface area contributed by atoms with Gasteiger partial charge in [-0.1, -0.05) is 36.4 Å². The highest BCUT2D eigenvalue weighted by Gasteiger charge is 2.41. The van der Waals surface area contributed by atoms with Crippen LogP contribution in [-0.2, 0) is 19.1 Å². The molecule has 6 nitrogen and oxygen atoms in total. The van der Waals surface area contributed by atoms with Crippen molar-refractivity contribution in [3.05, 3.63) is 88.5 Å². The topological polar surface area (TPSA) is 77.5 Å². The monoisotopic (exact) mass is 418 g/mol. The summed E-state index contributed by atoms with van der Waals surface area (Å²) in [5.74, 6) is -0.784. The second-order valence-corrected chi connectivity index (χ2v) is 7.84. The number of dihydropyridines is 1. The van der Waals surface area contributed by atoms with E-state index in [1.54, 1.807) is 19.5 Å². The molecule has 4 rings (SSSR count). The van der Waals surface area contributed by atoms with Gasteiger partial charge in [-0.25, -0.2) is 4.79 Å². The van der Waals surface area contributed by atoms with Crippen LogP contribution in [0.3, 0.4) is 0 Å². The highest BCUT2D eigenvalue weighted by atomic mass is 16.6. The standard InChI is InChI=1S/C25H26N2O4/c1-16-22(25(29)31-12-11-30-2)23(18-9-6-10-26-15-18)24-20(27-16)13-19(14-21(24)28)17-7-4-3-5-8-17/h3-10,15,19,23,27H,11-14H2,1-2H3/t19-,23-/m0/s1. The number of hydrogen-bond acceptors (Lipinski definition) is 6. The Labute approximate surface area is 182 Å². The van der Waals surface area contributed by atoms with Crippen LogP contribution in [0.1, 0.15) is 42.7 Å². The van der Waals surface area contributed by atoms with E-state index < -0.39 is 11.9 Å². The molecule has 0 spiro atoms. The van der Waals surface area contributed by atoms with E-state index in [4.69, 9.17) is 9.47 Å². The van der Waals surface area contributed by atoms with Gasteiger partial charge in [0.05, 0.1) is 12.2 Å². The van der Waals surface area contributed by atoms with E-state index in [9.17, 15) is 9.59 Å². The van der Waals surface area contributed by atoms with Crippen molar-refractivity contribution < 1.29 is 19.1 Å². The molecule has 1 N–H and O–H groups in total. The quantitative estimate of drug-likeness (QED) is 0.570. The lowest BCUT2D eigenvalue weighted by molar-refractivity contribution is -0.140. The average Bonchev–Trinajstić information content (AvgIpc) is 2.79. The van der Waals surface area contributed by atoms with Gasteiger partial charge >= 0.3 is 5.97 Å². The van der Waals surface area contributed by atoms with Gasteiger partial charge in [0.15, 0.2) is 5.78 Å². The van der Waals surface area contributed by atoms with E-state index in [0.717, 1.165) is 16.8 Å². The number of ether oxygens (including phenoxy) is 2. The fourth-order valence-corrected chi connectivity index (χ4v) is 4.45. The molecule has 2 aliphatic rings. The van der Waals surface area contributed by atoms with Crippen LogP contribution in [0.25, 0.3) is 0 Å². The molecule has 2 atom stereocenters. The first kappa shape index (κ1) is 21.0. The number of allylic oxidation sites excluding steroid dienone is 3. The molecule has 0 saturated heterocycles. The zero-order chi connectivity index (χ0) is 21.8. The molecule has 0 saturated carbocycles. The molecule has 0 fully saturated rings. The average molecular weight is 418 g/mol. The van der Waals surface area contributed by atoms with Crippen LogP contribution in [0.5, 0.6) is 0 Å². The normalized spacial score (nSPS) is 20.9. The second-order valence-electron chi connectivity index (χ2n) is 7.84. The highest BCUT2D eigenvalue weighted by Crippen LogP contribution is 2.45. The molecular formula is C25H26N2O4. The van der Waals surface area contributed by atoms with Gasteiger partial charge in [-0.2, -0.15) is 0 Å². The molecule has 1 aliphatic carbocycles. The molecule has 160 valence electrons. The number of pyridine rings is 1. The molecule has 0 bridgehead atoms. The van der Waals surface area contributed by atoms with Crippen molar-refractivity contribution in [3.63, 3.8) is 0 Å². The zero-order valence-electron chi connectivity index (χ0n) is 17.8. The minimum atomic E-state index is -0.496. The van der Waals surface area contributed by atoms with Gasteiger partial charge in [0, 0.05) is 48.8 Å². The summed E-state index contributed by atoms with van der Waals surface area (Å²) < 4.78 is 10.4. The first-order valence-corrected chi connectivity index (χ1v) is 10.4. The number of rotatable bonds is 6. The minimum absolute atomic E-state index is 0.0474. The third-order valence-corrected chi connectivity index (χ3v) is 5.86. The van der Waals surface area contributed by atoms with Crippen LogP contribution in [0, 0.1) is 0 Å². The van der Waals surface area contributed by atoms with Crippen LogP contribution in [0.4, 0.5) is 0 Å². The molecule has 1 aliphatic heterocycles. The third-order valence-electron chi connectivity index (χ3n) is 5.86. The lowest BCUT2D eigenvalue weighted by Gasteiger charge is -2.36. The SMILES string of the molecule is COCCOC(=O)C1=C(C)NC2=C(C(=O)C[C@@H](c3ccccc3)C2)[C@H]1c1cccnc1. The smallest absolute Gasteiger partial charge is 0.336 e. The van der Waals surface area contributed by atoms with E-state index >= 15 is 0 Å². The number of methoxy groups -OCH3 is 1. The van der Waals surface area contributed by atoms with E-state index in [0.29, 0.717) is 36.3 Å². The van der Waals surface area contributed by atoms with Crippen molar-refractivity contribution >= 4 is 11.8 Å². The number of hydrogen-bond donors (Lipinski definition) is 1. The van der Waals surface area contributed by atoms with Gasteiger partial charge in [0.25, 0.3) is 0 Å². The first-order chi connectivity index (χ1) is 15.1. The predicted molar refractivity (Wildman–Crippen MR) is 116 cm³/mol. The Morgan fingerprint density at radius 2 is 1.87 bits per heavy atom. The Kier molecular flexibility index (Phi) is 6.28. The number of Topliss-reactive ketones (excluding diaryl/α,β-unsaturated/α-hetero) is 1. The Bertz CT molecular complexity index is 1030. The van der Waals surface area contributed by atoms with Crippen LogP contribution >= 0.6 is 0 Å². The predicted octanol–water partition coefficient (Wildman–Crippen LogP) is 3.63. The molecule has 1 aromatic carbocycles. The molecule has 1 aromatic heterocycles. The summed E-state index contributed by atoms with van der Waals surface area (Å²) in [7, 11) is 1.56. The number of carbonyl (C=O) groups is 2. The fourth-order valence-electron chi connectivity index (χ4n) is 4.45. The molecule has 6 heteroatoms.